The van der Waals surface area contributed by atoms with Gasteiger partial charge in [-0.2, -0.15) is 4.31 Å². The zero-order valence-corrected chi connectivity index (χ0v) is 16.6. The monoisotopic (exact) mass is 417 g/mol. The molecule has 0 radical (unpaired) electrons. The number of hydrogen-bond acceptors (Lipinski definition) is 5. The van der Waals surface area contributed by atoms with E-state index < -0.39 is 10.0 Å². The predicted molar refractivity (Wildman–Crippen MR) is 109 cm³/mol. The Balaban J connectivity index is 1.53. The summed E-state index contributed by atoms with van der Waals surface area (Å²) in [4.78, 5) is 24.5. The number of carbonyl (C=O) groups excluding carboxylic acids is 1. The maximum absolute atomic E-state index is 12.7. The standard InChI is InChI=1S/C19H19N3O4S2/c23-17-6-10-21(16-7-11-27-19(16)17)13-18(24)20-14-4-3-5-15(12-14)28(25,26)22-8-1-2-9-22/h3-7,10-12H,1-2,8-9,13H2,(H,20,24). The molecule has 7 nitrogen and oxygen atoms in total. The van der Waals surface area contributed by atoms with Crippen LogP contribution >= 0.6 is 11.3 Å². The molecule has 0 unspecified atom stereocenters. The van der Waals surface area contributed by atoms with Gasteiger partial charge in [0, 0.05) is 31.0 Å². The van der Waals surface area contributed by atoms with Crippen molar-refractivity contribution in [1.82, 2.24) is 8.87 Å². The van der Waals surface area contributed by atoms with Gasteiger partial charge in [0.05, 0.1) is 15.1 Å². The van der Waals surface area contributed by atoms with Crippen LogP contribution in [0.1, 0.15) is 12.8 Å². The molecule has 3 aromatic rings. The van der Waals surface area contributed by atoms with Crippen LogP contribution in [0, 0.1) is 0 Å². The highest BCUT2D eigenvalue weighted by Crippen LogP contribution is 2.23. The number of anilines is 1. The van der Waals surface area contributed by atoms with Crippen molar-refractivity contribution < 1.29 is 13.2 Å². The number of carbonyl (C=O) groups is 1. The van der Waals surface area contributed by atoms with Crippen LogP contribution < -0.4 is 10.7 Å². The molecule has 0 atom stereocenters. The molecular formula is C19H19N3O4S2. The number of benzene rings is 1. The SMILES string of the molecule is O=C(Cn1ccc(=O)c2sccc21)Nc1cccc(S(=O)(=O)N2CCCC2)c1. The van der Waals surface area contributed by atoms with Crippen molar-refractivity contribution in [2.45, 2.75) is 24.3 Å². The molecule has 1 aromatic carbocycles. The highest BCUT2D eigenvalue weighted by molar-refractivity contribution is 7.89. The van der Waals surface area contributed by atoms with Crippen LogP contribution in [0.4, 0.5) is 5.69 Å². The van der Waals surface area contributed by atoms with Gasteiger partial charge in [-0.15, -0.1) is 11.3 Å². The summed E-state index contributed by atoms with van der Waals surface area (Å²) in [5, 5.41) is 4.56. The number of sulfonamides is 1. The summed E-state index contributed by atoms with van der Waals surface area (Å²) in [6.45, 7) is 1.08. The Morgan fingerprint density at radius 1 is 1.14 bits per heavy atom. The average molecular weight is 418 g/mol. The lowest BCUT2D eigenvalue weighted by Crippen LogP contribution is -2.28. The normalized spacial score (nSPS) is 15.1. The average Bonchev–Trinajstić information content (AvgIpc) is 3.37. The maximum atomic E-state index is 12.7. The molecule has 0 saturated carbocycles. The van der Waals surface area contributed by atoms with E-state index in [0.717, 1.165) is 12.8 Å². The molecule has 1 N–H and O–H groups in total. The molecule has 3 heterocycles. The van der Waals surface area contributed by atoms with Gasteiger partial charge in [0.15, 0.2) is 5.43 Å². The van der Waals surface area contributed by atoms with E-state index >= 15 is 0 Å². The fourth-order valence-electron chi connectivity index (χ4n) is 3.33. The Bertz CT molecular complexity index is 1190. The molecule has 1 fully saturated rings. The van der Waals surface area contributed by atoms with Gasteiger partial charge >= 0.3 is 0 Å². The highest BCUT2D eigenvalue weighted by Gasteiger charge is 2.27. The first-order valence-corrected chi connectivity index (χ1v) is 11.2. The summed E-state index contributed by atoms with van der Waals surface area (Å²) in [7, 11) is -3.54. The van der Waals surface area contributed by atoms with Crippen molar-refractivity contribution in [3.8, 4) is 0 Å². The van der Waals surface area contributed by atoms with Crippen molar-refractivity contribution in [2.24, 2.45) is 0 Å². The molecule has 146 valence electrons. The molecule has 28 heavy (non-hydrogen) atoms. The van der Waals surface area contributed by atoms with Gasteiger partial charge in [0.2, 0.25) is 15.9 Å². The second kappa shape index (κ2) is 7.50. The lowest BCUT2D eigenvalue weighted by molar-refractivity contribution is -0.116. The van der Waals surface area contributed by atoms with Crippen LogP contribution in [0.25, 0.3) is 10.2 Å². The molecule has 1 aliphatic heterocycles. The Hall–Kier alpha value is -2.49. The van der Waals surface area contributed by atoms with E-state index in [1.807, 2.05) is 5.38 Å². The molecule has 1 aliphatic rings. The Morgan fingerprint density at radius 2 is 1.93 bits per heavy atom. The molecule has 0 spiro atoms. The van der Waals surface area contributed by atoms with Crippen molar-refractivity contribution >= 4 is 43.2 Å². The fourth-order valence-corrected chi connectivity index (χ4v) is 5.72. The number of nitrogens with one attached hydrogen (secondary N) is 1. The summed E-state index contributed by atoms with van der Waals surface area (Å²) in [6, 6.07) is 9.55. The number of fused-ring (bicyclic) bond motifs is 1. The van der Waals surface area contributed by atoms with Crippen LogP contribution in [0.15, 0.2) is 57.7 Å². The number of rotatable bonds is 5. The number of thiophene rings is 1. The van der Waals surface area contributed by atoms with Crippen molar-refractivity contribution in [3.05, 3.63) is 58.2 Å². The first-order chi connectivity index (χ1) is 13.4. The van der Waals surface area contributed by atoms with Crippen LogP contribution in [0.3, 0.4) is 0 Å². The molecule has 4 rings (SSSR count). The van der Waals surface area contributed by atoms with Gasteiger partial charge in [-0.1, -0.05) is 6.07 Å². The van der Waals surface area contributed by atoms with Crippen LogP contribution in [0.2, 0.25) is 0 Å². The third-order valence-electron chi connectivity index (χ3n) is 4.72. The number of amides is 1. The lowest BCUT2D eigenvalue weighted by Gasteiger charge is -2.16. The van der Waals surface area contributed by atoms with E-state index in [2.05, 4.69) is 5.32 Å². The van der Waals surface area contributed by atoms with E-state index in [0.29, 0.717) is 29.0 Å². The Labute approximate surface area is 166 Å². The molecular weight excluding hydrogens is 398 g/mol. The molecule has 1 amide bonds. The molecule has 2 aromatic heterocycles. The summed E-state index contributed by atoms with van der Waals surface area (Å²) < 4.78 is 29.2. The van der Waals surface area contributed by atoms with E-state index in [-0.39, 0.29) is 22.8 Å². The number of pyridine rings is 1. The minimum atomic E-state index is -3.54. The zero-order valence-electron chi connectivity index (χ0n) is 15.0. The maximum Gasteiger partial charge on any atom is 0.244 e. The van der Waals surface area contributed by atoms with Gasteiger partial charge < -0.3 is 9.88 Å². The smallest absolute Gasteiger partial charge is 0.244 e. The number of nitrogens with zero attached hydrogens (tertiary/aromatic N) is 2. The minimum Gasteiger partial charge on any atom is -0.337 e. The molecule has 0 aliphatic carbocycles. The fraction of sp³-hybridized carbons (Fsp3) is 0.263. The molecule has 1 saturated heterocycles. The number of hydrogen-bond donors (Lipinski definition) is 1. The second-order valence-electron chi connectivity index (χ2n) is 6.63. The first kappa shape index (κ1) is 18.9. The summed E-state index contributed by atoms with van der Waals surface area (Å²) in [5.41, 5.74) is 1.06. The number of aromatic nitrogens is 1. The van der Waals surface area contributed by atoms with Crippen LogP contribution in [-0.2, 0) is 21.4 Å². The zero-order chi connectivity index (χ0) is 19.7. The highest BCUT2D eigenvalue weighted by atomic mass is 32.2. The summed E-state index contributed by atoms with van der Waals surface area (Å²) >= 11 is 1.34. The van der Waals surface area contributed by atoms with Crippen molar-refractivity contribution in [1.29, 1.82) is 0 Å². The van der Waals surface area contributed by atoms with E-state index in [9.17, 15) is 18.0 Å². The topological polar surface area (TPSA) is 88.5 Å². The van der Waals surface area contributed by atoms with Crippen LogP contribution in [0.5, 0.6) is 0 Å². The van der Waals surface area contributed by atoms with Gasteiger partial charge in [0.25, 0.3) is 0 Å². The quantitative estimate of drug-likeness (QED) is 0.691. The molecule has 9 heteroatoms. The van der Waals surface area contributed by atoms with Gasteiger partial charge in [-0.05, 0) is 42.5 Å². The third kappa shape index (κ3) is 3.60. The van der Waals surface area contributed by atoms with Crippen LogP contribution in [-0.4, -0.2) is 36.3 Å². The first-order valence-electron chi connectivity index (χ1n) is 8.92. The third-order valence-corrected chi connectivity index (χ3v) is 7.53. The lowest BCUT2D eigenvalue weighted by atomic mass is 10.3. The van der Waals surface area contributed by atoms with Gasteiger partial charge in [-0.25, -0.2) is 8.42 Å². The molecule has 0 bridgehead atoms. The van der Waals surface area contributed by atoms with Gasteiger partial charge in [-0.3, -0.25) is 9.59 Å². The second-order valence-corrected chi connectivity index (χ2v) is 9.48. The Kier molecular flexibility index (Phi) is 5.05. The minimum absolute atomic E-state index is 0.0244. The predicted octanol–water partition coefficient (Wildman–Crippen LogP) is 2.49. The van der Waals surface area contributed by atoms with E-state index in [1.54, 1.807) is 35.0 Å². The van der Waals surface area contributed by atoms with Crippen molar-refractivity contribution in [2.75, 3.05) is 18.4 Å². The Morgan fingerprint density at radius 3 is 2.71 bits per heavy atom. The van der Waals surface area contributed by atoms with E-state index in [4.69, 9.17) is 0 Å². The van der Waals surface area contributed by atoms with Crippen molar-refractivity contribution in [3.63, 3.8) is 0 Å². The summed E-state index contributed by atoms with van der Waals surface area (Å²) in [6.07, 6.45) is 3.32. The van der Waals surface area contributed by atoms with Gasteiger partial charge in [0.1, 0.15) is 6.54 Å². The largest absolute Gasteiger partial charge is 0.337 e. The van der Waals surface area contributed by atoms with E-state index in [1.165, 1.54) is 27.8 Å². The summed E-state index contributed by atoms with van der Waals surface area (Å²) in [5.74, 6) is -0.299.